The fraction of sp³-hybridized carbons (Fsp3) is 0.278. The molecule has 4 heteroatoms. The molecule has 0 atom stereocenters. The van der Waals surface area contributed by atoms with E-state index >= 15 is 0 Å². The standard InChI is InChI=1S/C18H20ClNO2/c1-12-8-14(4-3-7-21)10-16(9-12)20-15-5-6-18(19)17(11-15)13(2)22/h5-6,8-11,20-21H,3-4,7H2,1-2H3. The first kappa shape index (κ1) is 16.5. The van der Waals surface area contributed by atoms with Gasteiger partial charge < -0.3 is 10.4 Å². The van der Waals surface area contributed by atoms with E-state index in [0.717, 1.165) is 29.8 Å². The maximum Gasteiger partial charge on any atom is 0.161 e. The number of ketones is 1. The van der Waals surface area contributed by atoms with Gasteiger partial charge >= 0.3 is 0 Å². The molecule has 0 unspecified atom stereocenters. The molecule has 0 aliphatic rings. The molecule has 0 radical (unpaired) electrons. The molecule has 0 saturated heterocycles. The van der Waals surface area contributed by atoms with Crippen LogP contribution in [-0.4, -0.2) is 17.5 Å². The van der Waals surface area contributed by atoms with E-state index in [1.54, 1.807) is 12.1 Å². The van der Waals surface area contributed by atoms with Crippen LogP contribution < -0.4 is 5.32 Å². The summed E-state index contributed by atoms with van der Waals surface area (Å²) in [6.07, 6.45) is 1.59. The van der Waals surface area contributed by atoms with Gasteiger partial charge in [-0.15, -0.1) is 0 Å². The molecule has 2 aromatic carbocycles. The summed E-state index contributed by atoms with van der Waals surface area (Å²) in [5, 5.41) is 12.7. The van der Waals surface area contributed by atoms with Crippen molar-refractivity contribution >= 4 is 28.8 Å². The lowest BCUT2D eigenvalue weighted by molar-refractivity contribution is 0.101. The minimum Gasteiger partial charge on any atom is -0.396 e. The Labute approximate surface area is 135 Å². The Kier molecular flexibility index (Phi) is 5.58. The van der Waals surface area contributed by atoms with Gasteiger partial charge in [0.05, 0.1) is 5.02 Å². The van der Waals surface area contributed by atoms with E-state index in [1.165, 1.54) is 12.5 Å². The van der Waals surface area contributed by atoms with Gasteiger partial charge in [-0.1, -0.05) is 17.7 Å². The zero-order valence-corrected chi connectivity index (χ0v) is 13.6. The smallest absolute Gasteiger partial charge is 0.161 e. The fourth-order valence-corrected chi connectivity index (χ4v) is 2.65. The average Bonchev–Trinajstić information content (AvgIpc) is 2.46. The van der Waals surface area contributed by atoms with E-state index in [2.05, 4.69) is 17.4 Å². The van der Waals surface area contributed by atoms with Crippen molar-refractivity contribution in [1.82, 2.24) is 0 Å². The van der Waals surface area contributed by atoms with Gasteiger partial charge in [0, 0.05) is 23.5 Å². The second-order valence-electron chi connectivity index (χ2n) is 5.41. The van der Waals surface area contributed by atoms with Crippen LogP contribution in [-0.2, 0) is 6.42 Å². The van der Waals surface area contributed by atoms with Crippen LogP contribution in [0.4, 0.5) is 11.4 Å². The maximum atomic E-state index is 11.6. The first-order chi connectivity index (χ1) is 10.5. The summed E-state index contributed by atoms with van der Waals surface area (Å²) in [5.41, 5.74) is 4.63. The van der Waals surface area contributed by atoms with Crippen LogP contribution in [0.1, 0.15) is 34.8 Å². The number of benzene rings is 2. The molecule has 0 saturated carbocycles. The summed E-state index contributed by atoms with van der Waals surface area (Å²) >= 11 is 6.03. The number of aliphatic hydroxyl groups excluding tert-OH is 1. The van der Waals surface area contributed by atoms with Crippen molar-refractivity contribution < 1.29 is 9.90 Å². The first-order valence-corrected chi connectivity index (χ1v) is 7.66. The van der Waals surface area contributed by atoms with Crippen LogP contribution in [0.3, 0.4) is 0 Å². The molecule has 0 amide bonds. The van der Waals surface area contributed by atoms with Crippen molar-refractivity contribution in [3.05, 3.63) is 58.1 Å². The predicted octanol–water partition coefficient (Wildman–Crippen LogP) is 4.52. The highest BCUT2D eigenvalue weighted by molar-refractivity contribution is 6.34. The van der Waals surface area contributed by atoms with Gasteiger partial charge in [-0.3, -0.25) is 4.79 Å². The lowest BCUT2D eigenvalue weighted by Gasteiger charge is -2.11. The van der Waals surface area contributed by atoms with Gasteiger partial charge in [0.25, 0.3) is 0 Å². The summed E-state index contributed by atoms with van der Waals surface area (Å²) in [6.45, 7) is 3.73. The van der Waals surface area contributed by atoms with E-state index in [1.807, 2.05) is 19.1 Å². The molecule has 0 aliphatic heterocycles. The largest absolute Gasteiger partial charge is 0.396 e. The van der Waals surface area contributed by atoms with Gasteiger partial charge in [0.15, 0.2) is 5.78 Å². The number of hydrogen-bond acceptors (Lipinski definition) is 3. The summed E-state index contributed by atoms with van der Waals surface area (Å²) < 4.78 is 0. The van der Waals surface area contributed by atoms with Crippen LogP contribution in [0.25, 0.3) is 0 Å². The third kappa shape index (κ3) is 4.33. The van der Waals surface area contributed by atoms with Crippen molar-refractivity contribution in [2.24, 2.45) is 0 Å². The van der Waals surface area contributed by atoms with E-state index in [-0.39, 0.29) is 12.4 Å². The number of Topliss-reactive ketones (excluding diaryl/α,β-unsaturated/α-hetero) is 1. The number of rotatable bonds is 6. The van der Waals surface area contributed by atoms with Crippen molar-refractivity contribution in [1.29, 1.82) is 0 Å². The highest BCUT2D eigenvalue weighted by atomic mass is 35.5. The van der Waals surface area contributed by atoms with Gasteiger partial charge in [0.1, 0.15) is 0 Å². The molecule has 2 aromatic rings. The lowest BCUT2D eigenvalue weighted by Crippen LogP contribution is -1.98. The third-order valence-electron chi connectivity index (χ3n) is 3.40. The second kappa shape index (κ2) is 7.43. The van der Waals surface area contributed by atoms with Crippen molar-refractivity contribution in [2.45, 2.75) is 26.7 Å². The highest BCUT2D eigenvalue weighted by Gasteiger charge is 2.07. The number of halogens is 1. The molecule has 3 nitrogen and oxygen atoms in total. The minimum atomic E-state index is -0.0541. The van der Waals surface area contributed by atoms with E-state index in [0.29, 0.717) is 10.6 Å². The maximum absolute atomic E-state index is 11.6. The van der Waals surface area contributed by atoms with Crippen LogP contribution in [0.15, 0.2) is 36.4 Å². The third-order valence-corrected chi connectivity index (χ3v) is 3.72. The molecular weight excluding hydrogens is 298 g/mol. The molecule has 116 valence electrons. The summed E-state index contributed by atoms with van der Waals surface area (Å²) in [7, 11) is 0. The second-order valence-corrected chi connectivity index (χ2v) is 5.82. The Hall–Kier alpha value is -1.84. The number of aliphatic hydroxyl groups is 1. The number of carbonyl (C=O) groups excluding carboxylic acids is 1. The minimum absolute atomic E-state index is 0.0541. The topological polar surface area (TPSA) is 49.3 Å². The van der Waals surface area contributed by atoms with Crippen LogP contribution in [0.5, 0.6) is 0 Å². The number of anilines is 2. The zero-order valence-electron chi connectivity index (χ0n) is 12.8. The molecule has 22 heavy (non-hydrogen) atoms. The number of carbonyl (C=O) groups is 1. The van der Waals surface area contributed by atoms with E-state index in [4.69, 9.17) is 16.7 Å². The quantitative estimate of drug-likeness (QED) is 0.770. The Bertz CT molecular complexity index is 683. The van der Waals surface area contributed by atoms with Crippen LogP contribution in [0.2, 0.25) is 5.02 Å². The van der Waals surface area contributed by atoms with Gasteiger partial charge in [0.2, 0.25) is 0 Å². The van der Waals surface area contributed by atoms with Crippen molar-refractivity contribution in [3.8, 4) is 0 Å². The molecule has 0 spiro atoms. The van der Waals surface area contributed by atoms with Gasteiger partial charge in [-0.25, -0.2) is 0 Å². The average molecular weight is 318 g/mol. The molecule has 2 rings (SSSR count). The summed E-state index contributed by atoms with van der Waals surface area (Å²) in [6, 6.07) is 11.6. The number of nitrogens with one attached hydrogen (secondary N) is 1. The Morgan fingerprint density at radius 2 is 1.95 bits per heavy atom. The summed E-state index contributed by atoms with van der Waals surface area (Å²) in [4.78, 5) is 11.6. The fourth-order valence-electron chi connectivity index (χ4n) is 2.40. The molecule has 0 heterocycles. The van der Waals surface area contributed by atoms with E-state index < -0.39 is 0 Å². The number of aryl methyl sites for hydroxylation is 2. The Morgan fingerprint density at radius 3 is 2.64 bits per heavy atom. The predicted molar refractivity (Wildman–Crippen MR) is 91.3 cm³/mol. The molecule has 0 bridgehead atoms. The SMILES string of the molecule is CC(=O)c1cc(Nc2cc(C)cc(CCCO)c2)ccc1Cl. The normalized spacial score (nSPS) is 10.5. The molecule has 0 fully saturated rings. The molecule has 2 N–H and O–H groups in total. The zero-order chi connectivity index (χ0) is 16.1. The van der Waals surface area contributed by atoms with Crippen molar-refractivity contribution in [3.63, 3.8) is 0 Å². The number of hydrogen-bond donors (Lipinski definition) is 2. The van der Waals surface area contributed by atoms with Gasteiger partial charge in [-0.2, -0.15) is 0 Å². The monoisotopic (exact) mass is 317 g/mol. The Balaban J connectivity index is 2.25. The highest BCUT2D eigenvalue weighted by Crippen LogP contribution is 2.25. The van der Waals surface area contributed by atoms with Crippen LogP contribution >= 0.6 is 11.6 Å². The first-order valence-electron chi connectivity index (χ1n) is 7.28. The molecule has 0 aliphatic carbocycles. The van der Waals surface area contributed by atoms with E-state index in [9.17, 15) is 4.79 Å². The molecular formula is C18H20ClNO2. The molecule has 0 aromatic heterocycles. The van der Waals surface area contributed by atoms with Gasteiger partial charge in [-0.05, 0) is 68.1 Å². The van der Waals surface area contributed by atoms with Crippen LogP contribution in [0, 0.1) is 6.92 Å². The lowest BCUT2D eigenvalue weighted by atomic mass is 10.1. The van der Waals surface area contributed by atoms with Crippen molar-refractivity contribution in [2.75, 3.05) is 11.9 Å². The Morgan fingerprint density at radius 1 is 1.18 bits per heavy atom. The summed E-state index contributed by atoms with van der Waals surface area (Å²) in [5.74, 6) is -0.0541.